The van der Waals surface area contributed by atoms with E-state index >= 15 is 0 Å². The van der Waals surface area contributed by atoms with Gasteiger partial charge < -0.3 is 30.6 Å². The number of carbonyl (C=O) groups is 2. The van der Waals surface area contributed by atoms with Crippen molar-refractivity contribution in [3.63, 3.8) is 0 Å². The fourth-order valence-electron chi connectivity index (χ4n) is 0. The predicted molar refractivity (Wildman–Crippen MR) is 43.6 cm³/mol. The van der Waals surface area contributed by atoms with Gasteiger partial charge in [0, 0.05) is 0 Å². The van der Waals surface area contributed by atoms with Crippen LogP contribution in [-0.2, 0) is 9.59 Å². The third kappa shape index (κ3) is 72.2. The number of hydrogen-bond acceptors (Lipinski definition) is 6. The summed E-state index contributed by atoms with van der Waals surface area (Å²) in [5.74, 6) is -2.38. The molecule has 0 saturated carbocycles. The monoisotopic (exact) mass is 214 g/mol. The molecule has 8 nitrogen and oxygen atoms in total. The second-order valence-electron chi connectivity index (χ2n) is 1.55. The molecule has 0 aromatic carbocycles. The summed E-state index contributed by atoms with van der Waals surface area (Å²) in [6, 6.07) is 0. The molecule has 86 valence electrons. The molecule has 0 amide bonds. The maximum absolute atomic E-state index is 9.12. The molecular formula is C6H14O8. The van der Waals surface area contributed by atoms with Crippen molar-refractivity contribution in [2.24, 2.45) is 0 Å². The molecule has 0 aromatic heterocycles. The number of carboxylic acids is 2. The molecule has 0 spiro atoms. The molecule has 0 aliphatic rings. The minimum Gasteiger partial charge on any atom is -0.480 e. The first-order valence-corrected chi connectivity index (χ1v) is 3.33. The zero-order valence-electron chi connectivity index (χ0n) is 7.33. The van der Waals surface area contributed by atoms with Crippen LogP contribution in [0, 0.1) is 0 Å². The summed E-state index contributed by atoms with van der Waals surface area (Å²) in [7, 11) is 0. The Kier molecular flexibility index (Phi) is 23.5. The summed E-state index contributed by atoms with van der Waals surface area (Å²) in [6.07, 6.45) is 0. The highest BCUT2D eigenvalue weighted by molar-refractivity contribution is 5.67. The normalized spacial score (nSPS) is 7.43. The lowest BCUT2D eigenvalue weighted by Gasteiger charge is -1.72. The van der Waals surface area contributed by atoms with Crippen molar-refractivity contribution in [3.8, 4) is 0 Å². The van der Waals surface area contributed by atoms with Crippen molar-refractivity contribution >= 4 is 11.9 Å². The van der Waals surface area contributed by atoms with Crippen molar-refractivity contribution in [1.29, 1.82) is 0 Å². The van der Waals surface area contributed by atoms with Crippen LogP contribution in [0.5, 0.6) is 0 Å². The highest BCUT2D eigenvalue weighted by Gasteiger charge is 1.83. The van der Waals surface area contributed by atoms with Gasteiger partial charge in [0.05, 0.1) is 13.2 Å². The summed E-state index contributed by atoms with van der Waals surface area (Å²) in [4.78, 5) is 18.2. The van der Waals surface area contributed by atoms with Crippen molar-refractivity contribution in [2.75, 3.05) is 26.4 Å². The number of carboxylic acid groups (broad SMARTS) is 2. The van der Waals surface area contributed by atoms with Crippen LogP contribution >= 0.6 is 0 Å². The van der Waals surface area contributed by atoms with Crippen LogP contribution in [0.4, 0.5) is 0 Å². The lowest BCUT2D eigenvalue weighted by Crippen LogP contribution is -1.98. The Morgan fingerprint density at radius 3 is 0.857 bits per heavy atom. The molecule has 0 rings (SSSR count). The molecule has 0 heterocycles. The summed E-state index contributed by atoms with van der Waals surface area (Å²) in [5, 5.41) is 45.3. The Labute approximate surface area is 79.7 Å². The number of rotatable bonds is 3. The average molecular weight is 214 g/mol. The summed E-state index contributed by atoms with van der Waals surface area (Å²) in [5.41, 5.74) is 0. The van der Waals surface area contributed by atoms with Gasteiger partial charge in [-0.1, -0.05) is 0 Å². The number of aliphatic carboxylic acids is 2. The van der Waals surface area contributed by atoms with Crippen molar-refractivity contribution in [3.05, 3.63) is 0 Å². The van der Waals surface area contributed by atoms with Crippen LogP contribution < -0.4 is 0 Å². The van der Waals surface area contributed by atoms with Crippen molar-refractivity contribution < 1.29 is 40.2 Å². The minimum absolute atomic E-state index is 0.125. The zero-order chi connectivity index (χ0) is 12.0. The van der Waals surface area contributed by atoms with Crippen LogP contribution in [0.25, 0.3) is 0 Å². The van der Waals surface area contributed by atoms with Gasteiger partial charge in [-0.25, -0.2) is 9.59 Å². The van der Waals surface area contributed by atoms with E-state index in [1.54, 1.807) is 0 Å². The van der Waals surface area contributed by atoms with Crippen LogP contribution in [0.2, 0.25) is 0 Å². The molecule has 0 aliphatic carbocycles. The maximum Gasteiger partial charge on any atom is 0.329 e. The average Bonchev–Trinajstić information content (AvgIpc) is 2.19. The SMILES string of the molecule is O=C(O)CO.O=C(O)CO.OCCO. The molecule has 0 fully saturated rings. The van der Waals surface area contributed by atoms with E-state index in [1.807, 2.05) is 0 Å². The summed E-state index contributed by atoms with van der Waals surface area (Å²) < 4.78 is 0. The van der Waals surface area contributed by atoms with E-state index in [0.29, 0.717) is 0 Å². The molecule has 6 N–H and O–H groups in total. The van der Waals surface area contributed by atoms with Gasteiger partial charge in [0.1, 0.15) is 13.2 Å². The molecule has 0 atom stereocenters. The van der Waals surface area contributed by atoms with E-state index < -0.39 is 25.2 Å². The fraction of sp³-hybridized carbons (Fsp3) is 0.667. The highest BCUT2D eigenvalue weighted by Crippen LogP contribution is 1.49. The molecule has 0 bridgehead atoms. The second kappa shape index (κ2) is 17.8. The quantitative estimate of drug-likeness (QED) is 0.292. The van der Waals surface area contributed by atoms with E-state index in [4.69, 9.17) is 40.2 Å². The van der Waals surface area contributed by atoms with Gasteiger partial charge in [0.2, 0.25) is 0 Å². The maximum atomic E-state index is 9.12. The largest absolute Gasteiger partial charge is 0.480 e. The van der Waals surface area contributed by atoms with E-state index in [0.717, 1.165) is 0 Å². The molecule has 0 unspecified atom stereocenters. The molecule has 14 heavy (non-hydrogen) atoms. The molecule has 0 saturated heterocycles. The molecule has 0 aromatic rings. The lowest BCUT2D eigenvalue weighted by molar-refractivity contribution is -0.141. The third-order valence-electron chi connectivity index (χ3n) is 0.371. The molecular weight excluding hydrogens is 200 g/mol. The smallest absolute Gasteiger partial charge is 0.329 e. The van der Waals surface area contributed by atoms with Gasteiger partial charge in [-0.05, 0) is 0 Å². The summed E-state index contributed by atoms with van der Waals surface area (Å²) in [6.45, 7) is -1.81. The Balaban J connectivity index is -0.000000131. The van der Waals surface area contributed by atoms with Gasteiger partial charge in [0.25, 0.3) is 0 Å². The van der Waals surface area contributed by atoms with Gasteiger partial charge in [-0.3, -0.25) is 0 Å². The Hall–Kier alpha value is -1.22. The number of aliphatic hydroxyl groups excluding tert-OH is 4. The topological polar surface area (TPSA) is 156 Å². The van der Waals surface area contributed by atoms with Crippen LogP contribution in [0.15, 0.2) is 0 Å². The van der Waals surface area contributed by atoms with Gasteiger partial charge in [-0.15, -0.1) is 0 Å². The Morgan fingerprint density at radius 1 is 0.714 bits per heavy atom. The molecule has 0 aliphatic heterocycles. The van der Waals surface area contributed by atoms with Crippen molar-refractivity contribution in [2.45, 2.75) is 0 Å². The molecule has 0 radical (unpaired) electrons. The summed E-state index contributed by atoms with van der Waals surface area (Å²) >= 11 is 0. The second-order valence-corrected chi connectivity index (χ2v) is 1.55. The fourth-order valence-corrected chi connectivity index (χ4v) is 0. The van der Waals surface area contributed by atoms with Gasteiger partial charge in [-0.2, -0.15) is 0 Å². The van der Waals surface area contributed by atoms with Crippen molar-refractivity contribution in [1.82, 2.24) is 0 Å². The first-order chi connectivity index (χ1) is 6.45. The van der Waals surface area contributed by atoms with Gasteiger partial charge in [0.15, 0.2) is 0 Å². The predicted octanol–water partition coefficient (Wildman–Crippen LogP) is -2.90. The van der Waals surface area contributed by atoms with E-state index in [9.17, 15) is 0 Å². The van der Waals surface area contributed by atoms with Gasteiger partial charge >= 0.3 is 11.9 Å². The first-order valence-electron chi connectivity index (χ1n) is 3.33. The number of hydrogen-bond donors (Lipinski definition) is 6. The third-order valence-corrected chi connectivity index (χ3v) is 0.371. The number of aliphatic hydroxyl groups is 4. The van der Waals surface area contributed by atoms with Crippen LogP contribution in [-0.4, -0.2) is 69.0 Å². The van der Waals surface area contributed by atoms with E-state index in [1.165, 1.54) is 0 Å². The lowest BCUT2D eigenvalue weighted by atomic mass is 10.8. The Bertz CT molecular complexity index is 118. The van der Waals surface area contributed by atoms with Crippen LogP contribution in [0.3, 0.4) is 0 Å². The first kappa shape index (κ1) is 18.5. The minimum atomic E-state index is -1.19. The Morgan fingerprint density at radius 2 is 0.857 bits per heavy atom. The highest BCUT2D eigenvalue weighted by atomic mass is 16.4. The standard InChI is InChI=1S/2C2H4O3.C2H6O2/c2*3-1-2(4)5;3-1-2-4/h2*3H,1H2,(H,4,5);3-4H,1-2H2. The van der Waals surface area contributed by atoms with E-state index in [2.05, 4.69) is 0 Å². The zero-order valence-corrected chi connectivity index (χ0v) is 7.33. The molecule has 8 heteroatoms. The van der Waals surface area contributed by atoms with Crippen LogP contribution in [0.1, 0.15) is 0 Å². The van der Waals surface area contributed by atoms with E-state index in [-0.39, 0.29) is 13.2 Å².